The topological polar surface area (TPSA) is 38.0 Å². The highest BCUT2D eigenvalue weighted by molar-refractivity contribution is 6.31. The maximum atomic E-state index is 9.17. The lowest BCUT2D eigenvalue weighted by molar-refractivity contribution is 0.281. The van der Waals surface area contributed by atoms with Crippen molar-refractivity contribution in [3.63, 3.8) is 0 Å². The Morgan fingerprint density at radius 1 is 1.36 bits per heavy atom. The third-order valence-electron chi connectivity index (χ3n) is 2.00. The predicted octanol–water partition coefficient (Wildman–Crippen LogP) is 2.02. The van der Waals surface area contributed by atoms with E-state index in [1.165, 1.54) is 0 Å². The van der Waals surface area contributed by atoms with Crippen molar-refractivity contribution < 1.29 is 5.11 Å². The molecular formula is C10H9ClN2O. The maximum Gasteiger partial charge on any atom is 0.0717 e. The Labute approximate surface area is 86.6 Å². The minimum absolute atomic E-state index is 0.0884. The fourth-order valence-corrected chi connectivity index (χ4v) is 1.56. The number of aromatic nitrogens is 2. The average Bonchev–Trinajstić information content (AvgIpc) is 2.70. The molecule has 72 valence electrons. The lowest BCUT2D eigenvalue weighted by Crippen LogP contribution is -2.00. The van der Waals surface area contributed by atoms with Crippen LogP contribution in [0.5, 0.6) is 0 Å². The molecular weight excluding hydrogens is 200 g/mol. The zero-order valence-electron chi connectivity index (χ0n) is 7.39. The minimum atomic E-state index is -0.0884. The van der Waals surface area contributed by atoms with Crippen LogP contribution >= 0.6 is 11.6 Å². The van der Waals surface area contributed by atoms with Crippen molar-refractivity contribution >= 4 is 11.6 Å². The average molecular weight is 209 g/mol. The summed E-state index contributed by atoms with van der Waals surface area (Å²) in [5.74, 6) is 0. The Morgan fingerprint density at radius 2 is 2.21 bits per heavy atom. The first-order valence-electron chi connectivity index (χ1n) is 4.21. The van der Waals surface area contributed by atoms with Gasteiger partial charge in [0, 0.05) is 23.0 Å². The van der Waals surface area contributed by atoms with Crippen LogP contribution in [-0.4, -0.2) is 14.9 Å². The Bertz CT molecular complexity index is 426. The molecule has 0 atom stereocenters. The number of nitrogens with zero attached hydrogens (tertiary/aromatic N) is 2. The van der Waals surface area contributed by atoms with Crippen LogP contribution in [-0.2, 0) is 6.61 Å². The van der Waals surface area contributed by atoms with E-state index in [1.54, 1.807) is 16.9 Å². The monoisotopic (exact) mass is 208 g/mol. The first-order chi connectivity index (χ1) is 6.83. The molecule has 2 aromatic rings. The second kappa shape index (κ2) is 3.82. The van der Waals surface area contributed by atoms with E-state index in [0.717, 1.165) is 5.69 Å². The zero-order chi connectivity index (χ0) is 9.97. The molecule has 0 spiro atoms. The lowest BCUT2D eigenvalue weighted by atomic mass is 10.2. The van der Waals surface area contributed by atoms with Crippen molar-refractivity contribution in [2.45, 2.75) is 6.61 Å². The zero-order valence-corrected chi connectivity index (χ0v) is 8.15. The van der Waals surface area contributed by atoms with E-state index in [9.17, 15) is 5.11 Å². The lowest BCUT2D eigenvalue weighted by Gasteiger charge is -2.08. The molecule has 0 saturated carbocycles. The molecule has 0 saturated heterocycles. The van der Waals surface area contributed by atoms with E-state index in [-0.39, 0.29) is 6.61 Å². The highest BCUT2D eigenvalue weighted by atomic mass is 35.5. The molecule has 4 heteroatoms. The minimum Gasteiger partial charge on any atom is -0.392 e. The summed E-state index contributed by atoms with van der Waals surface area (Å²) in [6.45, 7) is -0.0884. The van der Waals surface area contributed by atoms with Gasteiger partial charge in [-0.1, -0.05) is 17.7 Å². The maximum absolute atomic E-state index is 9.17. The molecule has 14 heavy (non-hydrogen) atoms. The molecule has 3 nitrogen and oxygen atoms in total. The van der Waals surface area contributed by atoms with Crippen molar-refractivity contribution in [1.29, 1.82) is 0 Å². The Balaban J connectivity index is 2.58. The van der Waals surface area contributed by atoms with Gasteiger partial charge >= 0.3 is 0 Å². The Hall–Kier alpha value is -1.32. The van der Waals surface area contributed by atoms with Gasteiger partial charge in [-0.05, 0) is 18.2 Å². The molecule has 0 bridgehead atoms. The second-order valence-electron chi connectivity index (χ2n) is 2.85. The highest BCUT2D eigenvalue weighted by Crippen LogP contribution is 2.22. The van der Waals surface area contributed by atoms with Gasteiger partial charge in [-0.15, -0.1) is 0 Å². The van der Waals surface area contributed by atoms with Gasteiger partial charge in [0.1, 0.15) is 0 Å². The first kappa shape index (κ1) is 9.24. The van der Waals surface area contributed by atoms with Crippen molar-refractivity contribution in [3.8, 4) is 5.69 Å². The number of rotatable bonds is 2. The fourth-order valence-electron chi connectivity index (χ4n) is 1.33. The van der Waals surface area contributed by atoms with Crippen LogP contribution in [0.15, 0.2) is 36.7 Å². The van der Waals surface area contributed by atoms with E-state index in [1.807, 2.05) is 24.4 Å². The number of aliphatic hydroxyl groups excluding tert-OH is 1. The second-order valence-corrected chi connectivity index (χ2v) is 3.25. The normalized spacial score (nSPS) is 10.4. The van der Waals surface area contributed by atoms with Crippen LogP contribution in [0.25, 0.3) is 5.69 Å². The van der Waals surface area contributed by atoms with Gasteiger partial charge in [-0.25, -0.2) is 4.68 Å². The van der Waals surface area contributed by atoms with Crippen LogP contribution < -0.4 is 0 Å². The molecule has 0 fully saturated rings. The van der Waals surface area contributed by atoms with Crippen molar-refractivity contribution in [3.05, 3.63) is 47.2 Å². The summed E-state index contributed by atoms with van der Waals surface area (Å²) in [4.78, 5) is 0. The molecule has 0 unspecified atom stereocenters. The summed E-state index contributed by atoms with van der Waals surface area (Å²) in [7, 11) is 0. The van der Waals surface area contributed by atoms with Gasteiger partial charge in [0.2, 0.25) is 0 Å². The van der Waals surface area contributed by atoms with E-state index in [0.29, 0.717) is 10.6 Å². The summed E-state index contributed by atoms with van der Waals surface area (Å²) in [5, 5.41) is 13.8. The van der Waals surface area contributed by atoms with Gasteiger partial charge in [0.15, 0.2) is 0 Å². The number of hydrogen-bond donors (Lipinski definition) is 1. The molecule has 1 aromatic heterocycles. The fraction of sp³-hybridized carbons (Fsp3) is 0.100. The SMILES string of the molecule is OCc1c(Cl)cccc1-n1cccn1. The van der Waals surface area contributed by atoms with Crippen LogP contribution in [0.3, 0.4) is 0 Å². The van der Waals surface area contributed by atoms with Gasteiger partial charge in [0.25, 0.3) is 0 Å². The molecule has 0 aliphatic carbocycles. The van der Waals surface area contributed by atoms with E-state index in [2.05, 4.69) is 5.10 Å². The highest BCUT2D eigenvalue weighted by Gasteiger charge is 2.06. The Morgan fingerprint density at radius 3 is 2.86 bits per heavy atom. The smallest absolute Gasteiger partial charge is 0.0717 e. The molecule has 1 heterocycles. The van der Waals surface area contributed by atoms with Crippen molar-refractivity contribution in [2.75, 3.05) is 0 Å². The Kier molecular flexibility index (Phi) is 2.52. The molecule has 0 amide bonds. The van der Waals surface area contributed by atoms with Gasteiger partial charge < -0.3 is 5.11 Å². The van der Waals surface area contributed by atoms with E-state index >= 15 is 0 Å². The summed E-state index contributed by atoms with van der Waals surface area (Å²) in [6, 6.07) is 7.27. The van der Waals surface area contributed by atoms with Crippen molar-refractivity contribution in [1.82, 2.24) is 9.78 Å². The van der Waals surface area contributed by atoms with Crippen LogP contribution in [0, 0.1) is 0 Å². The third-order valence-corrected chi connectivity index (χ3v) is 2.36. The van der Waals surface area contributed by atoms with Gasteiger partial charge in [-0.2, -0.15) is 5.10 Å². The van der Waals surface area contributed by atoms with Crippen LogP contribution in [0.1, 0.15) is 5.56 Å². The summed E-state index contributed by atoms with van der Waals surface area (Å²) in [6.07, 6.45) is 3.49. The summed E-state index contributed by atoms with van der Waals surface area (Å²) in [5.41, 5.74) is 1.50. The first-order valence-corrected chi connectivity index (χ1v) is 4.59. The predicted molar refractivity (Wildman–Crippen MR) is 54.5 cm³/mol. The third kappa shape index (κ3) is 1.52. The molecule has 2 rings (SSSR count). The standard InChI is InChI=1S/C10H9ClN2O/c11-9-3-1-4-10(8(9)7-14)13-6-2-5-12-13/h1-6,14H,7H2. The van der Waals surface area contributed by atoms with Crippen LogP contribution in [0.2, 0.25) is 5.02 Å². The quantitative estimate of drug-likeness (QED) is 0.820. The molecule has 1 N–H and O–H groups in total. The van der Waals surface area contributed by atoms with Crippen LogP contribution in [0.4, 0.5) is 0 Å². The largest absolute Gasteiger partial charge is 0.392 e. The molecule has 1 aromatic carbocycles. The van der Waals surface area contributed by atoms with Gasteiger partial charge in [-0.3, -0.25) is 0 Å². The number of benzene rings is 1. The van der Waals surface area contributed by atoms with Gasteiger partial charge in [0.05, 0.1) is 12.3 Å². The molecule has 0 radical (unpaired) electrons. The van der Waals surface area contributed by atoms with E-state index < -0.39 is 0 Å². The number of halogens is 1. The van der Waals surface area contributed by atoms with E-state index in [4.69, 9.17) is 11.6 Å². The molecule has 0 aliphatic rings. The molecule has 0 aliphatic heterocycles. The summed E-state index contributed by atoms with van der Waals surface area (Å²) >= 11 is 5.95. The summed E-state index contributed by atoms with van der Waals surface area (Å²) < 4.78 is 1.68. The number of aliphatic hydroxyl groups is 1. The van der Waals surface area contributed by atoms with Crippen molar-refractivity contribution in [2.24, 2.45) is 0 Å². The number of hydrogen-bond acceptors (Lipinski definition) is 2.